The van der Waals surface area contributed by atoms with Gasteiger partial charge in [0, 0.05) is 6.54 Å². The van der Waals surface area contributed by atoms with Gasteiger partial charge in [-0.25, -0.2) is 13.1 Å². The van der Waals surface area contributed by atoms with E-state index >= 15 is 0 Å². The lowest BCUT2D eigenvalue weighted by molar-refractivity contribution is 0.182. The Morgan fingerprint density at radius 1 is 1.00 bits per heavy atom. The standard InChI is InChI=1S/C18H23NO3S/c1-18(2,3)15-9-11-16(12-10-15)23(21,22)19-13-17(20)14-7-5-4-6-8-14/h4-12,17,19-20H,13H2,1-3H3/t17-/m0/s1. The summed E-state index contributed by atoms with van der Waals surface area (Å²) in [4.78, 5) is 0.200. The summed E-state index contributed by atoms with van der Waals surface area (Å²) in [5.74, 6) is 0. The fourth-order valence-electron chi connectivity index (χ4n) is 2.20. The highest BCUT2D eigenvalue weighted by molar-refractivity contribution is 7.89. The Morgan fingerprint density at radius 3 is 2.09 bits per heavy atom. The molecule has 0 aliphatic carbocycles. The van der Waals surface area contributed by atoms with Crippen LogP contribution in [0.15, 0.2) is 59.5 Å². The zero-order valence-electron chi connectivity index (χ0n) is 13.7. The lowest BCUT2D eigenvalue weighted by atomic mass is 9.87. The topological polar surface area (TPSA) is 66.4 Å². The molecule has 0 fully saturated rings. The van der Waals surface area contributed by atoms with E-state index in [0.29, 0.717) is 5.56 Å². The summed E-state index contributed by atoms with van der Waals surface area (Å²) >= 11 is 0. The minimum absolute atomic E-state index is 0.0285. The molecule has 2 rings (SSSR count). The second-order valence-electron chi connectivity index (χ2n) is 6.55. The van der Waals surface area contributed by atoms with Gasteiger partial charge in [0.2, 0.25) is 10.0 Å². The maximum Gasteiger partial charge on any atom is 0.240 e. The third-order valence-electron chi connectivity index (χ3n) is 3.68. The molecule has 0 heterocycles. The molecule has 23 heavy (non-hydrogen) atoms. The molecule has 0 amide bonds. The Hall–Kier alpha value is -1.69. The highest BCUT2D eigenvalue weighted by Gasteiger charge is 2.18. The minimum atomic E-state index is -3.64. The molecule has 5 heteroatoms. The van der Waals surface area contributed by atoms with E-state index in [1.807, 2.05) is 18.2 Å². The molecule has 0 bridgehead atoms. The molecule has 2 aromatic carbocycles. The average Bonchev–Trinajstić information content (AvgIpc) is 2.53. The molecule has 0 aliphatic rings. The van der Waals surface area contributed by atoms with E-state index in [-0.39, 0.29) is 16.9 Å². The van der Waals surface area contributed by atoms with Crippen molar-refractivity contribution in [2.75, 3.05) is 6.54 Å². The van der Waals surface area contributed by atoms with E-state index in [0.717, 1.165) is 5.56 Å². The largest absolute Gasteiger partial charge is 0.387 e. The smallest absolute Gasteiger partial charge is 0.240 e. The lowest BCUT2D eigenvalue weighted by Crippen LogP contribution is -2.28. The molecule has 2 N–H and O–H groups in total. The number of benzene rings is 2. The number of aliphatic hydroxyl groups excluding tert-OH is 1. The van der Waals surface area contributed by atoms with Crippen molar-refractivity contribution in [2.45, 2.75) is 37.2 Å². The first-order valence-corrected chi connectivity index (χ1v) is 9.02. The van der Waals surface area contributed by atoms with Crippen molar-refractivity contribution < 1.29 is 13.5 Å². The van der Waals surface area contributed by atoms with Crippen molar-refractivity contribution in [3.8, 4) is 0 Å². The number of sulfonamides is 1. The van der Waals surface area contributed by atoms with Gasteiger partial charge in [0.1, 0.15) is 0 Å². The second kappa shape index (κ2) is 6.83. The molecule has 0 spiro atoms. The van der Waals surface area contributed by atoms with Gasteiger partial charge in [0.15, 0.2) is 0 Å². The molecule has 0 aromatic heterocycles. The summed E-state index contributed by atoms with van der Waals surface area (Å²) in [6.45, 7) is 6.16. The number of hydrogen-bond donors (Lipinski definition) is 2. The molecule has 124 valence electrons. The van der Waals surface area contributed by atoms with E-state index in [4.69, 9.17) is 0 Å². The maximum atomic E-state index is 12.3. The van der Waals surface area contributed by atoms with Gasteiger partial charge in [-0.2, -0.15) is 0 Å². The van der Waals surface area contributed by atoms with Crippen LogP contribution in [0.5, 0.6) is 0 Å². The Kier molecular flexibility index (Phi) is 5.24. The van der Waals surface area contributed by atoms with Crippen molar-refractivity contribution >= 4 is 10.0 Å². The lowest BCUT2D eigenvalue weighted by Gasteiger charge is -2.19. The Balaban J connectivity index is 2.07. The van der Waals surface area contributed by atoms with Crippen molar-refractivity contribution in [3.63, 3.8) is 0 Å². The van der Waals surface area contributed by atoms with Crippen LogP contribution in [0, 0.1) is 0 Å². The highest BCUT2D eigenvalue weighted by atomic mass is 32.2. The monoisotopic (exact) mass is 333 g/mol. The molecule has 4 nitrogen and oxygen atoms in total. The predicted octanol–water partition coefficient (Wildman–Crippen LogP) is 3.00. The maximum absolute atomic E-state index is 12.3. The second-order valence-corrected chi connectivity index (χ2v) is 8.32. The van der Waals surface area contributed by atoms with Crippen LogP contribution in [0.3, 0.4) is 0 Å². The van der Waals surface area contributed by atoms with Crippen LogP contribution in [0.1, 0.15) is 38.0 Å². The molecular weight excluding hydrogens is 310 g/mol. The molecule has 0 unspecified atom stereocenters. The first kappa shape index (κ1) is 17.7. The average molecular weight is 333 g/mol. The summed E-state index contributed by atoms with van der Waals surface area (Å²) < 4.78 is 27.1. The van der Waals surface area contributed by atoms with Crippen molar-refractivity contribution in [3.05, 3.63) is 65.7 Å². The number of nitrogens with one attached hydrogen (secondary N) is 1. The zero-order chi connectivity index (χ0) is 17.1. The predicted molar refractivity (Wildman–Crippen MR) is 91.7 cm³/mol. The van der Waals surface area contributed by atoms with Crippen LogP contribution in [0.2, 0.25) is 0 Å². The minimum Gasteiger partial charge on any atom is -0.387 e. The summed E-state index contributed by atoms with van der Waals surface area (Å²) in [7, 11) is -3.64. The van der Waals surface area contributed by atoms with Crippen LogP contribution in [0.25, 0.3) is 0 Å². The normalized spacial score (nSPS) is 13.7. The SMILES string of the molecule is CC(C)(C)c1ccc(S(=O)(=O)NC[C@H](O)c2ccccc2)cc1. The van der Waals surface area contributed by atoms with Crippen LogP contribution in [-0.2, 0) is 15.4 Å². The van der Waals surface area contributed by atoms with E-state index in [1.54, 1.807) is 36.4 Å². The highest BCUT2D eigenvalue weighted by Crippen LogP contribution is 2.23. The summed E-state index contributed by atoms with van der Waals surface area (Å²) in [6, 6.07) is 15.8. The molecule has 0 aliphatic heterocycles. The summed E-state index contributed by atoms with van der Waals surface area (Å²) in [5, 5.41) is 10.1. The molecule has 0 radical (unpaired) electrons. The van der Waals surface area contributed by atoms with Crippen LogP contribution in [0.4, 0.5) is 0 Å². The van der Waals surface area contributed by atoms with Crippen LogP contribution < -0.4 is 4.72 Å². The van der Waals surface area contributed by atoms with Gasteiger partial charge in [-0.1, -0.05) is 63.2 Å². The molecule has 1 atom stereocenters. The number of aliphatic hydroxyl groups is 1. The van der Waals surface area contributed by atoms with Gasteiger partial charge < -0.3 is 5.11 Å². The molecular formula is C18H23NO3S. The van der Waals surface area contributed by atoms with E-state index in [9.17, 15) is 13.5 Å². The van der Waals surface area contributed by atoms with Crippen molar-refractivity contribution in [2.24, 2.45) is 0 Å². The number of rotatable bonds is 5. The van der Waals surface area contributed by atoms with Gasteiger partial charge >= 0.3 is 0 Å². The van der Waals surface area contributed by atoms with Crippen LogP contribution >= 0.6 is 0 Å². The number of hydrogen-bond acceptors (Lipinski definition) is 3. The Morgan fingerprint density at radius 2 is 1.57 bits per heavy atom. The van der Waals surface area contributed by atoms with Gasteiger partial charge in [-0.15, -0.1) is 0 Å². The fourth-order valence-corrected chi connectivity index (χ4v) is 3.24. The fraction of sp³-hybridized carbons (Fsp3) is 0.333. The molecule has 2 aromatic rings. The first-order valence-electron chi connectivity index (χ1n) is 7.53. The quantitative estimate of drug-likeness (QED) is 0.884. The molecule has 0 saturated heterocycles. The third kappa shape index (κ3) is 4.64. The first-order chi connectivity index (χ1) is 10.7. The van der Waals surface area contributed by atoms with E-state index < -0.39 is 16.1 Å². The Labute approximate surface area is 138 Å². The summed E-state index contributed by atoms with van der Waals surface area (Å²) in [6.07, 6.45) is -0.875. The zero-order valence-corrected chi connectivity index (χ0v) is 14.5. The van der Waals surface area contributed by atoms with Crippen molar-refractivity contribution in [1.29, 1.82) is 0 Å². The van der Waals surface area contributed by atoms with Gasteiger partial charge in [0.05, 0.1) is 11.0 Å². The Bertz CT molecular complexity index is 732. The summed E-state index contributed by atoms with van der Waals surface area (Å²) in [5.41, 5.74) is 1.72. The van der Waals surface area contributed by atoms with Gasteiger partial charge in [-0.3, -0.25) is 0 Å². The van der Waals surface area contributed by atoms with Gasteiger partial charge in [0.25, 0.3) is 0 Å². The van der Waals surface area contributed by atoms with Crippen molar-refractivity contribution in [1.82, 2.24) is 4.72 Å². The van der Waals surface area contributed by atoms with E-state index in [2.05, 4.69) is 25.5 Å². The van der Waals surface area contributed by atoms with E-state index in [1.165, 1.54) is 0 Å². The third-order valence-corrected chi connectivity index (χ3v) is 5.12. The van der Waals surface area contributed by atoms with Gasteiger partial charge in [-0.05, 0) is 28.7 Å². The molecule has 0 saturated carbocycles. The van der Waals surface area contributed by atoms with Crippen LogP contribution in [-0.4, -0.2) is 20.1 Å².